The molecule has 2 heterocycles. The van der Waals surface area contributed by atoms with Crippen molar-refractivity contribution < 1.29 is 28.8 Å². The van der Waals surface area contributed by atoms with Crippen LogP contribution < -0.4 is 14.5 Å². The third kappa shape index (κ3) is 3.90. The number of fused-ring (bicyclic) bond motifs is 1. The number of benzene rings is 3. The van der Waals surface area contributed by atoms with Crippen LogP contribution in [-0.4, -0.2) is 35.2 Å². The SMILES string of the molecule is O=C(Oc1cccc(N2C(=O)c3ccccc3C2=O)c1)[C@@H]1CC(=O)N(c2ccc([N+](=O)[O-])cc2)C1. The van der Waals surface area contributed by atoms with Crippen LogP contribution in [0.5, 0.6) is 5.75 Å². The molecule has 10 nitrogen and oxygen atoms in total. The van der Waals surface area contributed by atoms with E-state index in [-0.39, 0.29) is 36.0 Å². The summed E-state index contributed by atoms with van der Waals surface area (Å²) in [6.07, 6.45) is -0.0755. The van der Waals surface area contributed by atoms with Gasteiger partial charge in [0.1, 0.15) is 5.75 Å². The van der Waals surface area contributed by atoms with Crippen molar-refractivity contribution in [3.8, 4) is 5.75 Å². The van der Waals surface area contributed by atoms with Gasteiger partial charge in [0.05, 0.1) is 27.7 Å². The second-order valence-corrected chi connectivity index (χ2v) is 8.09. The number of nitro groups is 1. The zero-order valence-corrected chi connectivity index (χ0v) is 18.1. The van der Waals surface area contributed by atoms with E-state index < -0.39 is 28.6 Å². The largest absolute Gasteiger partial charge is 0.426 e. The zero-order valence-electron chi connectivity index (χ0n) is 18.1. The topological polar surface area (TPSA) is 127 Å². The Morgan fingerprint density at radius 3 is 2.17 bits per heavy atom. The highest BCUT2D eigenvalue weighted by Gasteiger charge is 2.38. The van der Waals surface area contributed by atoms with Gasteiger partial charge >= 0.3 is 5.97 Å². The molecule has 0 unspecified atom stereocenters. The van der Waals surface area contributed by atoms with Crippen molar-refractivity contribution in [2.24, 2.45) is 5.92 Å². The second kappa shape index (κ2) is 8.49. The number of non-ortho nitro benzene ring substituents is 1. The van der Waals surface area contributed by atoms with Crippen LogP contribution in [0.4, 0.5) is 17.1 Å². The summed E-state index contributed by atoms with van der Waals surface area (Å²) in [5.41, 5.74) is 1.21. The Labute approximate surface area is 198 Å². The van der Waals surface area contributed by atoms with Crippen LogP contribution in [-0.2, 0) is 9.59 Å². The third-order valence-electron chi connectivity index (χ3n) is 5.92. The Kier molecular flexibility index (Phi) is 5.33. The first-order chi connectivity index (χ1) is 16.8. The average Bonchev–Trinajstić information content (AvgIpc) is 3.37. The van der Waals surface area contributed by atoms with Gasteiger partial charge in [0, 0.05) is 36.9 Å². The van der Waals surface area contributed by atoms with Gasteiger partial charge in [-0.15, -0.1) is 0 Å². The molecule has 0 aromatic heterocycles. The molecule has 0 radical (unpaired) electrons. The average molecular weight is 471 g/mol. The first-order valence-corrected chi connectivity index (χ1v) is 10.7. The number of carbonyl (C=O) groups excluding carboxylic acids is 4. The Morgan fingerprint density at radius 1 is 0.886 bits per heavy atom. The van der Waals surface area contributed by atoms with E-state index in [1.54, 1.807) is 36.4 Å². The van der Waals surface area contributed by atoms with Crippen LogP contribution in [0, 0.1) is 16.0 Å². The number of hydrogen-bond donors (Lipinski definition) is 0. The summed E-state index contributed by atoms with van der Waals surface area (Å²) < 4.78 is 5.47. The number of imide groups is 1. The number of nitrogens with zero attached hydrogens (tertiary/aromatic N) is 3. The highest BCUT2D eigenvalue weighted by molar-refractivity contribution is 6.34. The van der Waals surface area contributed by atoms with Gasteiger partial charge in [-0.3, -0.25) is 29.3 Å². The minimum absolute atomic E-state index is 0.0631. The highest BCUT2D eigenvalue weighted by Crippen LogP contribution is 2.32. The van der Waals surface area contributed by atoms with Crippen molar-refractivity contribution in [2.45, 2.75) is 6.42 Å². The lowest BCUT2D eigenvalue weighted by molar-refractivity contribution is -0.384. The maximum absolute atomic E-state index is 12.8. The molecule has 1 atom stereocenters. The number of carbonyl (C=O) groups is 4. The van der Waals surface area contributed by atoms with E-state index in [2.05, 4.69) is 0 Å². The van der Waals surface area contributed by atoms with Crippen molar-refractivity contribution in [1.82, 2.24) is 0 Å². The molecule has 2 aliphatic rings. The minimum Gasteiger partial charge on any atom is -0.426 e. The number of hydrogen-bond acceptors (Lipinski definition) is 7. The molecule has 0 N–H and O–H groups in total. The maximum Gasteiger partial charge on any atom is 0.316 e. The maximum atomic E-state index is 12.8. The fourth-order valence-corrected chi connectivity index (χ4v) is 4.18. The van der Waals surface area contributed by atoms with E-state index in [4.69, 9.17) is 4.74 Å². The molecule has 5 rings (SSSR count). The first-order valence-electron chi connectivity index (χ1n) is 10.7. The lowest BCUT2D eigenvalue weighted by Gasteiger charge is -2.17. The Morgan fingerprint density at radius 2 is 1.54 bits per heavy atom. The number of amides is 3. The van der Waals surface area contributed by atoms with E-state index >= 15 is 0 Å². The molecular weight excluding hydrogens is 454 g/mol. The fourth-order valence-electron chi connectivity index (χ4n) is 4.18. The number of esters is 1. The van der Waals surface area contributed by atoms with Crippen molar-refractivity contribution in [2.75, 3.05) is 16.3 Å². The summed E-state index contributed by atoms with van der Waals surface area (Å²) in [6, 6.07) is 18.1. The van der Waals surface area contributed by atoms with Gasteiger partial charge in [0.2, 0.25) is 5.91 Å². The molecule has 1 saturated heterocycles. The number of anilines is 2. The van der Waals surface area contributed by atoms with Crippen LogP contribution in [0.2, 0.25) is 0 Å². The lowest BCUT2D eigenvalue weighted by atomic mass is 10.1. The zero-order chi connectivity index (χ0) is 24.7. The van der Waals surface area contributed by atoms with Crippen molar-refractivity contribution in [3.63, 3.8) is 0 Å². The molecule has 0 saturated carbocycles. The van der Waals surface area contributed by atoms with E-state index in [9.17, 15) is 29.3 Å². The first kappa shape index (κ1) is 22.0. The van der Waals surface area contributed by atoms with E-state index in [1.807, 2.05) is 0 Å². The third-order valence-corrected chi connectivity index (χ3v) is 5.92. The number of ether oxygens (including phenoxy) is 1. The number of rotatable bonds is 5. The Balaban J connectivity index is 1.29. The lowest BCUT2D eigenvalue weighted by Crippen LogP contribution is -2.29. The molecule has 2 aliphatic heterocycles. The van der Waals surface area contributed by atoms with Gasteiger partial charge < -0.3 is 9.64 Å². The molecule has 0 aliphatic carbocycles. The van der Waals surface area contributed by atoms with Gasteiger partial charge in [-0.05, 0) is 36.4 Å². The smallest absolute Gasteiger partial charge is 0.316 e. The summed E-state index contributed by atoms with van der Waals surface area (Å²) in [4.78, 5) is 63.4. The summed E-state index contributed by atoms with van der Waals surface area (Å²) in [5, 5.41) is 10.8. The van der Waals surface area contributed by atoms with Crippen molar-refractivity contribution in [1.29, 1.82) is 0 Å². The van der Waals surface area contributed by atoms with Crippen molar-refractivity contribution in [3.05, 3.63) is 94.0 Å². The molecule has 3 aromatic carbocycles. The van der Waals surface area contributed by atoms with Crippen molar-refractivity contribution >= 4 is 40.8 Å². The Hall–Kier alpha value is -4.86. The minimum atomic E-state index is -0.749. The van der Waals surface area contributed by atoms with E-state index in [1.165, 1.54) is 41.3 Å². The van der Waals surface area contributed by atoms with E-state index in [0.717, 1.165) is 4.90 Å². The predicted molar refractivity (Wildman–Crippen MR) is 123 cm³/mol. The predicted octanol–water partition coefficient (Wildman–Crippen LogP) is 3.35. The van der Waals surface area contributed by atoms with E-state index in [0.29, 0.717) is 16.8 Å². The number of nitro benzene ring substituents is 1. The van der Waals surface area contributed by atoms with Gasteiger partial charge in [0.25, 0.3) is 17.5 Å². The fraction of sp³-hybridized carbons (Fsp3) is 0.120. The highest BCUT2D eigenvalue weighted by atomic mass is 16.6. The summed E-state index contributed by atoms with van der Waals surface area (Å²) >= 11 is 0. The molecule has 174 valence electrons. The summed E-state index contributed by atoms with van der Waals surface area (Å²) in [5.74, 6) is -2.49. The van der Waals surface area contributed by atoms with Crippen LogP contribution in [0.15, 0.2) is 72.8 Å². The van der Waals surface area contributed by atoms with Gasteiger partial charge in [-0.1, -0.05) is 18.2 Å². The quantitative estimate of drug-likeness (QED) is 0.184. The van der Waals surface area contributed by atoms with Crippen LogP contribution in [0.1, 0.15) is 27.1 Å². The monoisotopic (exact) mass is 471 g/mol. The molecule has 0 spiro atoms. The van der Waals surface area contributed by atoms with Crippen LogP contribution >= 0.6 is 0 Å². The molecule has 3 aromatic rings. The molecule has 10 heteroatoms. The van der Waals surface area contributed by atoms with Gasteiger partial charge in [0.15, 0.2) is 0 Å². The molecule has 3 amide bonds. The molecule has 35 heavy (non-hydrogen) atoms. The molecule has 1 fully saturated rings. The van der Waals surface area contributed by atoms with Gasteiger partial charge in [-0.25, -0.2) is 4.90 Å². The van der Waals surface area contributed by atoms with Gasteiger partial charge in [-0.2, -0.15) is 0 Å². The second-order valence-electron chi connectivity index (χ2n) is 8.09. The summed E-state index contributed by atoms with van der Waals surface area (Å²) in [7, 11) is 0. The summed E-state index contributed by atoms with van der Waals surface area (Å²) in [6.45, 7) is 0.0631. The van der Waals surface area contributed by atoms with Crippen LogP contribution in [0.25, 0.3) is 0 Å². The van der Waals surface area contributed by atoms with Crippen LogP contribution in [0.3, 0.4) is 0 Å². The Bertz CT molecular complexity index is 1370. The molecular formula is C25H17N3O7. The normalized spacial score (nSPS) is 17.0. The molecule has 0 bridgehead atoms. The standard InChI is InChI=1S/C25H17N3O7/c29-22-12-15(14-26(22)16-8-10-17(11-9-16)28(33)34)25(32)35-19-5-3-4-18(13-19)27-23(30)20-6-1-2-7-21(20)24(27)31/h1-11,13,15H,12,14H2/t15-/m1/s1.